The van der Waals surface area contributed by atoms with Crippen LogP contribution in [0.2, 0.25) is 0 Å². The van der Waals surface area contributed by atoms with Crippen LogP contribution in [-0.2, 0) is 6.54 Å². The molecule has 1 saturated heterocycles. The van der Waals surface area contributed by atoms with Gasteiger partial charge in [-0.05, 0) is 44.0 Å². The molecule has 0 aromatic heterocycles. The summed E-state index contributed by atoms with van der Waals surface area (Å²) in [6.07, 6.45) is 2.58. The summed E-state index contributed by atoms with van der Waals surface area (Å²) in [7, 11) is 0. The second-order valence-corrected chi connectivity index (χ2v) is 5.40. The van der Waals surface area contributed by atoms with Crippen LogP contribution in [0.5, 0.6) is 0 Å². The summed E-state index contributed by atoms with van der Waals surface area (Å²) >= 11 is 0. The lowest BCUT2D eigenvalue weighted by atomic mass is 10.1. The van der Waals surface area contributed by atoms with Gasteiger partial charge in [-0.3, -0.25) is 0 Å². The van der Waals surface area contributed by atoms with E-state index in [2.05, 4.69) is 46.7 Å². The molecule has 1 heterocycles. The Kier molecular flexibility index (Phi) is 6.34. The van der Waals surface area contributed by atoms with Crippen LogP contribution in [0, 0.1) is 6.92 Å². The summed E-state index contributed by atoms with van der Waals surface area (Å²) in [5.74, 6) is 0. The molecule has 1 aromatic rings. The van der Waals surface area contributed by atoms with Gasteiger partial charge in [0, 0.05) is 32.7 Å². The molecule has 0 saturated carbocycles. The lowest BCUT2D eigenvalue weighted by Gasteiger charge is -2.27. The Morgan fingerprint density at radius 2 is 1.95 bits per heavy atom. The Balaban J connectivity index is 1.51. The fraction of sp³-hybridized carbons (Fsp3) is 0.625. The summed E-state index contributed by atoms with van der Waals surface area (Å²) < 4.78 is 0. The number of unbranched alkanes of at least 4 members (excludes halogenated alkanes) is 1. The van der Waals surface area contributed by atoms with Crippen molar-refractivity contribution in [2.24, 2.45) is 0 Å². The number of aryl methyl sites for hydroxylation is 1. The first kappa shape index (κ1) is 14.5. The van der Waals surface area contributed by atoms with Crippen molar-refractivity contribution in [3.05, 3.63) is 35.4 Å². The van der Waals surface area contributed by atoms with Crippen LogP contribution in [0.25, 0.3) is 0 Å². The third-order valence-corrected chi connectivity index (χ3v) is 3.86. The minimum Gasteiger partial charge on any atom is -0.314 e. The standard InChI is InChI=1S/C16H27N3/c1-15-6-2-3-7-16(15)14-18-8-4-5-11-19-12-9-17-10-13-19/h2-3,6-7,17-18H,4-5,8-14H2,1H3. The molecular formula is C16H27N3. The highest BCUT2D eigenvalue weighted by atomic mass is 15.2. The Morgan fingerprint density at radius 3 is 2.74 bits per heavy atom. The van der Waals surface area contributed by atoms with E-state index < -0.39 is 0 Å². The highest BCUT2D eigenvalue weighted by Crippen LogP contribution is 2.06. The molecular weight excluding hydrogens is 234 g/mol. The zero-order valence-corrected chi connectivity index (χ0v) is 12.1. The number of hydrogen-bond acceptors (Lipinski definition) is 3. The number of benzene rings is 1. The van der Waals surface area contributed by atoms with E-state index in [0.29, 0.717) is 0 Å². The van der Waals surface area contributed by atoms with Gasteiger partial charge in [-0.15, -0.1) is 0 Å². The quantitative estimate of drug-likeness (QED) is 0.733. The van der Waals surface area contributed by atoms with E-state index in [1.807, 2.05) is 0 Å². The first-order chi connectivity index (χ1) is 9.36. The van der Waals surface area contributed by atoms with E-state index in [-0.39, 0.29) is 0 Å². The van der Waals surface area contributed by atoms with Crippen molar-refractivity contribution in [3.63, 3.8) is 0 Å². The molecule has 2 rings (SSSR count). The van der Waals surface area contributed by atoms with Crippen molar-refractivity contribution in [3.8, 4) is 0 Å². The second kappa shape index (κ2) is 8.31. The predicted octanol–water partition coefficient (Wildman–Crippen LogP) is 1.77. The molecule has 0 unspecified atom stereocenters. The van der Waals surface area contributed by atoms with Gasteiger partial charge in [0.25, 0.3) is 0 Å². The Hall–Kier alpha value is -0.900. The maximum atomic E-state index is 3.55. The van der Waals surface area contributed by atoms with Gasteiger partial charge >= 0.3 is 0 Å². The number of rotatable bonds is 7. The monoisotopic (exact) mass is 261 g/mol. The van der Waals surface area contributed by atoms with E-state index in [9.17, 15) is 0 Å². The van der Waals surface area contributed by atoms with E-state index >= 15 is 0 Å². The topological polar surface area (TPSA) is 27.3 Å². The number of piperazine rings is 1. The third kappa shape index (κ3) is 5.31. The predicted molar refractivity (Wildman–Crippen MR) is 81.4 cm³/mol. The van der Waals surface area contributed by atoms with Crippen LogP contribution in [0.4, 0.5) is 0 Å². The maximum absolute atomic E-state index is 3.55. The van der Waals surface area contributed by atoms with Crippen molar-refractivity contribution in [1.29, 1.82) is 0 Å². The first-order valence-electron chi connectivity index (χ1n) is 7.54. The van der Waals surface area contributed by atoms with Gasteiger partial charge in [-0.2, -0.15) is 0 Å². The van der Waals surface area contributed by atoms with Crippen LogP contribution in [0.1, 0.15) is 24.0 Å². The Bertz CT molecular complexity index is 359. The highest BCUT2D eigenvalue weighted by Gasteiger charge is 2.07. The number of hydrogen-bond donors (Lipinski definition) is 2. The molecule has 1 aromatic carbocycles. The van der Waals surface area contributed by atoms with Gasteiger partial charge in [0.1, 0.15) is 0 Å². The van der Waals surface area contributed by atoms with Crippen LogP contribution in [0.3, 0.4) is 0 Å². The fourth-order valence-electron chi connectivity index (χ4n) is 2.55. The molecule has 0 aliphatic carbocycles. The summed E-state index contributed by atoms with van der Waals surface area (Å²) in [6, 6.07) is 8.62. The smallest absolute Gasteiger partial charge is 0.0208 e. The molecule has 0 spiro atoms. The minimum atomic E-state index is 1.00. The van der Waals surface area contributed by atoms with Crippen molar-refractivity contribution >= 4 is 0 Å². The first-order valence-corrected chi connectivity index (χ1v) is 7.54. The van der Waals surface area contributed by atoms with Crippen LogP contribution >= 0.6 is 0 Å². The van der Waals surface area contributed by atoms with Crippen LogP contribution in [0.15, 0.2) is 24.3 Å². The molecule has 1 aliphatic heterocycles. The SMILES string of the molecule is Cc1ccccc1CNCCCCN1CCNCC1. The lowest BCUT2D eigenvalue weighted by molar-refractivity contribution is 0.236. The molecule has 0 radical (unpaired) electrons. The summed E-state index contributed by atoms with van der Waals surface area (Å²) in [4.78, 5) is 2.57. The van der Waals surface area contributed by atoms with Crippen LogP contribution in [-0.4, -0.2) is 44.2 Å². The molecule has 1 aliphatic rings. The molecule has 106 valence electrons. The van der Waals surface area contributed by atoms with E-state index in [1.165, 1.54) is 43.6 Å². The van der Waals surface area contributed by atoms with Gasteiger partial charge in [0.05, 0.1) is 0 Å². The van der Waals surface area contributed by atoms with Gasteiger partial charge in [-0.1, -0.05) is 24.3 Å². The summed E-state index contributed by atoms with van der Waals surface area (Å²) in [6.45, 7) is 10.3. The largest absolute Gasteiger partial charge is 0.314 e. The average molecular weight is 261 g/mol. The summed E-state index contributed by atoms with van der Waals surface area (Å²) in [5, 5.41) is 6.94. The molecule has 0 bridgehead atoms. The molecule has 19 heavy (non-hydrogen) atoms. The Labute approximate surface area is 117 Å². The molecule has 0 amide bonds. The highest BCUT2D eigenvalue weighted by molar-refractivity contribution is 5.25. The van der Waals surface area contributed by atoms with Gasteiger partial charge < -0.3 is 15.5 Å². The molecule has 0 atom stereocenters. The van der Waals surface area contributed by atoms with Gasteiger partial charge in [0.2, 0.25) is 0 Å². The second-order valence-electron chi connectivity index (χ2n) is 5.40. The average Bonchev–Trinajstić information content (AvgIpc) is 2.45. The lowest BCUT2D eigenvalue weighted by Crippen LogP contribution is -2.43. The fourth-order valence-corrected chi connectivity index (χ4v) is 2.55. The van der Waals surface area contributed by atoms with Crippen molar-refractivity contribution < 1.29 is 0 Å². The molecule has 2 N–H and O–H groups in total. The number of nitrogens with one attached hydrogen (secondary N) is 2. The molecule has 3 heteroatoms. The molecule has 1 fully saturated rings. The summed E-state index contributed by atoms with van der Waals surface area (Å²) in [5.41, 5.74) is 2.81. The van der Waals surface area contributed by atoms with Gasteiger partial charge in [0.15, 0.2) is 0 Å². The zero-order chi connectivity index (χ0) is 13.3. The third-order valence-electron chi connectivity index (χ3n) is 3.86. The van der Waals surface area contributed by atoms with E-state index in [0.717, 1.165) is 26.2 Å². The van der Waals surface area contributed by atoms with Crippen molar-refractivity contribution in [2.75, 3.05) is 39.3 Å². The maximum Gasteiger partial charge on any atom is 0.0208 e. The molecule has 3 nitrogen and oxygen atoms in total. The zero-order valence-electron chi connectivity index (χ0n) is 12.1. The number of nitrogens with zero attached hydrogens (tertiary/aromatic N) is 1. The minimum absolute atomic E-state index is 1.00. The Morgan fingerprint density at radius 1 is 1.16 bits per heavy atom. The van der Waals surface area contributed by atoms with E-state index in [1.54, 1.807) is 0 Å². The van der Waals surface area contributed by atoms with Crippen molar-refractivity contribution in [2.45, 2.75) is 26.3 Å². The normalized spacial score (nSPS) is 16.7. The van der Waals surface area contributed by atoms with Crippen LogP contribution < -0.4 is 10.6 Å². The van der Waals surface area contributed by atoms with E-state index in [4.69, 9.17) is 0 Å². The van der Waals surface area contributed by atoms with Crippen molar-refractivity contribution in [1.82, 2.24) is 15.5 Å². The van der Waals surface area contributed by atoms with Gasteiger partial charge in [-0.25, -0.2) is 0 Å².